The highest BCUT2D eigenvalue weighted by molar-refractivity contribution is 7.92. The summed E-state index contributed by atoms with van der Waals surface area (Å²) in [5.74, 6) is 1.10. The number of anilines is 1. The maximum Gasteiger partial charge on any atom is 0.233 e. The summed E-state index contributed by atoms with van der Waals surface area (Å²) in [7, 11) is -3.39. The average Bonchev–Trinajstić information content (AvgIpc) is 3.17. The fourth-order valence-electron chi connectivity index (χ4n) is 2.10. The largest absolute Gasteiger partial charge is 0.463 e. The molecule has 7 nitrogen and oxygen atoms in total. The van der Waals surface area contributed by atoms with Gasteiger partial charge in [-0.05, 0) is 25.5 Å². The Labute approximate surface area is 138 Å². The molecule has 0 unspecified atom stereocenters. The first-order valence-corrected chi connectivity index (χ1v) is 9.58. The monoisotopic (exact) mass is 352 g/mol. The van der Waals surface area contributed by atoms with E-state index in [-0.39, 0.29) is 5.75 Å². The van der Waals surface area contributed by atoms with Gasteiger partial charge in [-0.25, -0.2) is 13.4 Å². The van der Waals surface area contributed by atoms with Gasteiger partial charge < -0.3 is 4.42 Å². The highest BCUT2D eigenvalue weighted by Gasteiger charge is 2.17. The Bertz CT molecular complexity index is 895. The van der Waals surface area contributed by atoms with Gasteiger partial charge in [0.05, 0.1) is 17.7 Å². The summed E-state index contributed by atoms with van der Waals surface area (Å²) in [5.41, 5.74) is 1.39. The molecule has 3 aromatic heterocycles. The number of furan rings is 1. The van der Waals surface area contributed by atoms with Gasteiger partial charge in [0, 0.05) is 11.4 Å². The molecule has 0 aliphatic carbocycles. The van der Waals surface area contributed by atoms with Crippen LogP contribution >= 0.6 is 11.3 Å². The van der Waals surface area contributed by atoms with Crippen LogP contribution in [-0.2, 0) is 10.0 Å². The van der Waals surface area contributed by atoms with E-state index >= 15 is 0 Å². The van der Waals surface area contributed by atoms with Crippen LogP contribution in [0.3, 0.4) is 0 Å². The molecule has 0 saturated carbocycles. The van der Waals surface area contributed by atoms with Gasteiger partial charge in [-0.3, -0.25) is 4.72 Å². The van der Waals surface area contributed by atoms with E-state index in [0.29, 0.717) is 34.5 Å². The van der Waals surface area contributed by atoms with Gasteiger partial charge in [-0.15, -0.1) is 11.3 Å². The van der Waals surface area contributed by atoms with Crippen molar-refractivity contribution in [3.63, 3.8) is 0 Å². The summed E-state index contributed by atoms with van der Waals surface area (Å²) < 4.78 is 33.4. The fourth-order valence-corrected chi connectivity index (χ4v) is 3.98. The summed E-state index contributed by atoms with van der Waals surface area (Å²) in [6, 6.07) is 5.29. The molecule has 3 aromatic rings. The number of aryl methyl sites for hydroxylation is 1. The van der Waals surface area contributed by atoms with Gasteiger partial charge in [-0.2, -0.15) is 9.78 Å². The van der Waals surface area contributed by atoms with E-state index in [0.717, 1.165) is 0 Å². The lowest BCUT2D eigenvalue weighted by Crippen LogP contribution is -2.18. The van der Waals surface area contributed by atoms with Crippen LogP contribution < -0.4 is 4.72 Å². The number of sulfonamides is 1. The first kappa shape index (κ1) is 15.8. The lowest BCUT2D eigenvalue weighted by atomic mass is 10.4. The van der Waals surface area contributed by atoms with Gasteiger partial charge in [-0.1, -0.05) is 6.92 Å². The van der Waals surface area contributed by atoms with Crippen molar-refractivity contribution in [2.75, 3.05) is 10.5 Å². The van der Waals surface area contributed by atoms with E-state index in [9.17, 15) is 8.42 Å². The fraction of sp³-hybridized carbons (Fsp3) is 0.286. The second kappa shape index (κ2) is 6.17. The molecule has 23 heavy (non-hydrogen) atoms. The Balaban J connectivity index is 1.95. The minimum atomic E-state index is -3.39. The lowest BCUT2D eigenvalue weighted by Gasteiger charge is -2.07. The number of nitrogens with zero attached hydrogens (tertiary/aromatic N) is 3. The van der Waals surface area contributed by atoms with Crippen LogP contribution in [0.4, 0.5) is 5.82 Å². The third-order valence-electron chi connectivity index (χ3n) is 3.01. The number of aromatic nitrogens is 3. The molecular formula is C14H16N4O3S2. The number of thiazole rings is 1. The van der Waals surface area contributed by atoms with Gasteiger partial charge in [0.1, 0.15) is 11.5 Å². The Morgan fingerprint density at radius 3 is 2.96 bits per heavy atom. The molecular weight excluding hydrogens is 336 g/mol. The normalized spacial score (nSPS) is 11.7. The molecule has 0 aromatic carbocycles. The zero-order chi connectivity index (χ0) is 16.4. The van der Waals surface area contributed by atoms with Crippen LogP contribution in [0, 0.1) is 6.92 Å². The Hall–Kier alpha value is -2.13. The van der Waals surface area contributed by atoms with E-state index in [4.69, 9.17) is 4.42 Å². The highest BCUT2D eigenvalue weighted by Crippen LogP contribution is 2.26. The molecule has 3 heterocycles. The summed E-state index contributed by atoms with van der Waals surface area (Å²) in [6.45, 7) is 3.62. The molecule has 3 rings (SSSR count). The van der Waals surface area contributed by atoms with Gasteiger partial charge >= 0.3 is 0 Å². The number of nitrogens with one attached hydrogen (secondary N) is 1. The third kappa shape index (κ3) is 3.45. The summed E-state index contributed by atoms with van der Waals surface area (Å²) in [5, 5.41) is 6.74. The molecule has 0 saturated heterocycles. The number of hydrogen-bond donors (Lipinski definition) is 1. The topological polar surface area (TPSA) is 90.0 Å². The van der Waals surface area contributed by atoms with E-state index in [1.807, 2.05) is 18.4 Å². The van der Waals surface area contributed by atoms with Crippen LogP contribution in [0.1, 0.15) is 19.0 Å². The molecule has 1 N–H and O–H groups in total. The molecule has 0 bridgehead atoms. The minimum Gasteiger partial charge on any atom is -0.463 e. The molecule has 9 heteroatoms. The minimum absolute atomic E-state index is 0.0622. The SMILES string of the molecule is CCCS(=O)(=O)Nc1cc(C)nn1-c1nc(-c2ccco2)cs1. The van der Waals surface area contributed by atoms with E-state index < -0.39 is 10.0 Å². The van der Waals surface area contributed by atoms with Crippen molar-refractivity contribution in [2.24, 2.45) is 0 Å². The molecule has 0 spiro atoms. The van der Waals surface area contributed by atoms with Crippen molar-refractivity contribution in [2.45, 2.75) is 20.3 Å². The predicted octanol–water partition coefficient (Wildman–Crippen LogP) is 3.05. The predicted molar refractivity (Wildman–Crippen MR) is 89.4 cm³/mol. The Morgan fingerprint density at radius 2 is 2.26 bits per heavy atom. The number of hydrogen-bond acceptors (Lipinski definition) is 6. The van der Waals surface area contributed by atoms with Gasteiger partial charge in [0.2, 0.25) is 15.2 Å². The molecule has 0 amide bonds. The van der Waals surface area contributed by atoms with Crippen LogP contribution in [0.25, 0.3) is 16.6 Å². The second-order valence-corrected chi connectivity index (χ2v) is 7.67. The van der Waals surface area contributed by atoms with E-state index in [2.05, 4.69) is 14.8 Å². The van der Waals surface area contributed by atoms with E-state index in [1.54, 1.807) is 25.3 Å². The highest BCUT2D eigenvalue weighted by atomic mass is 32.2. The summed E-state index contributed by atoms with van der Waals surface area (Å²) >= 11 is 1.36. The average molecular weight is 352 g/mol. The van der Waals surface area contributed by atoms with Crippen molar-refractivity contribution in [3.8, 4) is 16.6 Å². The lowest BCUT2D eigenvalue weighted by molar-refractivity contribution is 0.580. The third-order valence-corrected chi connectivity index (χ3v) is 5.29. The molecule has 0 fully saturated rings. The van der Waals surface area contributed by atoms with Crippen molar-refractivity contribution < 1.29 is 12.8 Å². The second-order valence-electron chi connectivity index (χ2n) is 5.00. The Kier molecular flexibility index (Phi) is 4.22. The summed E-state index contributed by atoms with van der Waals surface area (Å²) in [4.78, 5) is 4.46. The quantitative estimate of drug-likeness (QED) is 0.736. The molecule has 122 valence electrons. The molecule has 0 radical (unpaired) electrons. The van der Waals surface area contributed by atoms with Gasteiger partial charge in [0.15, 0.2) is 5.76 Å². The smallest absolute Gasteiger partial charge is 0.233 e. The van der Waals surface area contributed by atoms with Crippen molar-refractivity contribution in [3.05, 3.63) is 35.5 Å². The van der Waals surface area contributed by atoms with Crippen molar-refractivity contribution >= 4 is 27.2 Å². The van der Waals surface area contributed by atoms with Crippen LogP contribution in [0.15, 0.2) is 34.3 Å². The maximum absolute atomic E-state index is 12.0. The standard InChI is InChI=1S/C14H16N4O3S2/c1-3-7-23(19,20)17-13-8-10(2)16-18(13)14-15-11(9-22-14)12-5-4-6-21-12/h4-6,8-9,17H,3,7H2,1-2H3. The van der Waals surface area contributed by atoms with Crippen LogP contribution in [0.5, 0.6) is 0 Å². The Morgan fingerprint density at radius 1 is 1.43 bits per heavy atom. The first-order valence-electron chi connectivity index (χ1n) is 7.05. The molecule has 0 aliphatic rings. The molecule has 0 atom stereocenters. The summed E-state index contributed by atoms with van der Waals surface area (Å²) in [6.07, 6.45) is 2.12. The van der Waals surface area contributed by atoms with Crippen LogP contribution in [0.2, 0.25) is 0 Å². The van der Waals surface area contributed by atoms with E-state index in [1.165, 1.54) is 16.0 Å². The zero-order valence-electron chi connectivity index (χ0n) is 12.7. The van der Waals surface area contributed by atoms with Crippen molar-refractivity contribution in [1.82, 2.24) is 14.8 Å². The molecule has 0 aliphatic heterocycles. The van der Waals surface area contributed by atoms with Crippen molar-refractivity contribution in [1.29, 1.82) is 0 Å². The van der Waals surface area contributed by atoms with Gasteiger partial charge in [0.25, 0.3) is 0 Å². The number of rotatable bonds is 6. The maximum atomic E-state index is 12.0. The first-order chi connectivity index (χ1) is 11.0. The zero-order valence-corrected chi connectivity index (χ0v) is 14.3. The van der Waals surface area contributed by atoms with Crippen LogP contribution in [-0.4, -0.2) is 28.9 Å².